The van der Waals surface area contributed by atoms with Crippen molar-refractivity contribution in [1.82, 2.24) is 15.1 Å². The minimum atomic E-state index is -0.767. The number of aliphatic hydroxyl groups excluding tert-OH is 1. The highest BCUT2D eigenvalue weighted by molar-refractivity contribution is 6.30. The quantitative estimate of drug-likeness (QED) is 0.389. The van der Waals surface area contributed by atoms with Gasteiger partial charge in [0.25, 0.3) is 0 Å². The molecule has 208 valence electrons. The monoisotopic (exact) mass is 538 g/mol. The number of nitrogens with one attached hydrogen (secondary N) is 1. The summed E-state index contributed by atoms with van der Waals surface area (Å²) in [5.74, 6) is 0.0530. The van der Waals surface area contributed by atoms with Crippen LogP contribution in [0.2, 0.25) is 5.02 Å². The van der Waals surface area contributed by atoms with Crippen molar-refractivity contribution in [1.29, 1.82) is 0 Å². The summed E-state index contributed by atoms with van der Waals surface area (Å²) in [5, 5.41) is 13.8. The van der Waals surface area contributed by atoms with Gasteiger partial charge in [0.15, 0.2) is 0 Å². The predicted octanol–water partition coefficient (Wildman–Crippen LogP) is 3.93. The number of alkyl carbamates (subject to hydrolysis) is 1. The van der Waals surface area contributed by atoms with Gasteiger partial charge in [0, 0.05) is 43.2 Å². The molecule has 9 nitrogen and oxygen atoms in total. The Morgan fingerprint density at radius 3 is 2.68 bits per heavy atom. The average molecular weight is 539 g/mol. The molecule has 2 aliphatic rings. The molecule has 10 heteroatoms. The molecular formula is C27H43ClN4O5. The second-order valence-corrected chi connectivity index (χ2v) is 10.6. The smallest absolute Gasteiger partial charge is 0.406 e. The van der Waals surface area contributed by atoms with Crippen molar-refractivity contribution in [2.24, 2.45) is 11.7 Å². The SMILES string of the molecule is COC(=O)NCCO[C@@H](c1cccc(Cl)c1)[C@@H]1CCCN(C(=O)N(C2CCCCC2)[C@@H](C)[C@H](O)CN)C1. The molecule has 3 amide bonds. The number of amides is 3. The first kappa shape index (κ1) is 29.5. The Hall–Kier alpha value is -2.07. The van der Waals surface area contributed by atoms with Crippen molar-refractivity contribution >= 4 is 23.7 Å². The number of hydrogen-bond donors (Lipinski definition) is 3. The van der Waals surface area contributed by atoms with Gasteiger partial charge in [-0.2, -0.15) is 0 Å². The molecule has 1 aliphatic carbocycles. The van der Waals surface area contributed by atoms with Gasteiger partial charge in [-0.1, -0.05) is 43.0 Å². The molecular weight excluding hydrogens is 496 g/mol. The topological polar surface area (TPSA) is 117 Å². The van der Waals surface area contributed by atoms with E-state index in [4.69, 9.17) is 22.1 Å². The Morgan fingerprint density at radius 1 is 1.24 bits per heavy atom. The zero-order chi connectivity index (χ0) is 26.8. The van der Waals surface area contributed by atoms with E-state index in [9.17, 15) is 14.7 Å². The molecule has 1 saturated heterocycles. The summed E-state index contributed by atoms with van der Waals surface area (Å²) in [6.45, 7) is 3.82. The molecule has 0 bridgehead atoms. The normalized spacial score (nSPS) is 21.1. The summed E-state index contributed by atoms with van der Waals surface area (Å²) < 4.78 is 10.9. The first-order chi connectivity index (χ1) is 17.8. The summed E-state index contributed by atoms with van der Waals surface area (Å²) in [5.41, 5.74) is 6.73. The summed E-state index contributed by atoms with van der Waals surface area (Å²) in [6, 6.07) is 7.33. The molecule has 37 heavy (non-hydrogen) atoms. The van der Waals surface area contributed by atoms with Gasteiger partial charge in [-0.05, 0) is 50.3 Å². The van der Waals surface area contributed by atoms with Crippen molar-refractivity contribution in [3.05, 3.63) is 34.9 Å². The summed E-state index contributed by atoms with van der Waals surface area (Å²) in [4.78, 5) is 29.2. The van der Waals surface area contributed by atoms with Gasteiger partial charge >= 0.3 is 12.1 Å². The molecule has 4 atom stereocenters. The number of carbonyl (C=O) groups excluding carboxylic acids is 2. The summed E-state index contributed by atoms with van der Waals surface area (Å²) >= 11 is 6.30. The van der Waals surface area contributed by atoms with Crippen molar-refractivity contribution in [3.8, 4) is 0 Å². The predicted molar refractivity (Wildman–Crippen MR) is 143 cm³/mol. The van der Waals surface area contributed by atoms with Crippen LogP contribution in [-0.4, -0.2) is 85.1 Å². The number of urea groups is 1. The molecule has 0 unspecified atom stereocenters. The van der Waals surface area contributed by atoms with Crippen molar-refractivity contribution in [2.75, 3.05) is 39.9 Å². The maximum atomic E-state index is 14.0. The molecule has 0 aromatic heterocycles. The molecule has 2 fully saturated rings. The lowest BCUT2D eigenvalue weighted by molar-refractivity contribution is -0.0165. The highest BCUT2D eigenvalue weighted by Gasteiger charge is 2.38. The van der Waals surface area contributed by atoms with Crippen LogP contribution in [0.5, 0.6) is 0 Å². The number of halogens is 1. The van der Waals surface area contributed by atoms with Crippen LogP contribution in [0, 0.1) is 5.92 Å². The summed E-state index contributed by atoms with van der Waals surface area (Å²) in [6.07, 6.45) is 5.45. The van der Waals surface area contributed by atoms with Gasteiger partial charge in [0.05, 0.1) is 32.0 Å². The van der Waals surface area contributed by atoms with Crippen LogP contribution in [0.15, 0.2) is 24.3 Å². The van der Waals surface area contributed by atoms with Crippen molar-refractivity contribution in [2.45, 2.75) is 76.2 Å². The Kier molecular flexibility index (Phi) is 11.8. The molecule has 1 heterocycles. The molecule has 0 radical (unpaired) electrons. The van der Waals surface area contributed by atoms with Crippen LogP contribution in [0.1, 0.15) is 63.5 Å². The van der Waals surface area contributed by atoms with Gasteiger partial charge in [-0.25, -0.2) is 9.59 Å². The lowest BCUT2D eigenvalue weighted by Crippen LogP contribution is -2.58. The largest absolute Gasteiger partial charge is 0.453 e. The average Bonchev–Trinajstić information content (AvgIpc) is 2.93. The molecule has 0 spiro atoms. The van der Waals surface area contributed by atoms with Crippen LogP contribution < -0.4 is 11.1 Å². The maximum Gasteiger partial charge on any atom is 0.406 e. The first-order valence-corrected chi connectivity index (χ1v) is 13.9. The van der Waals surface area contributed by atoms with Gasteiger partial charge in [0.1, 0.15) is 0 Å². The fourth-order valence-electron chi connectivity index (χ4n) is 5.60. The zero-order valence-electron chi connectivity index (χ0n) is 22.1. The van der Waals surface area contributed by atoms with Gasteiger partial charge < -0.3 is 35.4 Å². The summed E-state index contributed by atoms with van der Waals surface area (Å²) in [7, 11) is 1.32. The highest BCUT2D eigenvalue weighted by atomic mass is 35.5. The van der Waals surface area contributed by atoms with E-state index in [2.05, 4.69) is 10.1 Å². The van der Waals surface area contributed by atoms with E-state index < -0.39 is 12.2 Å². The fraction of sp³-hybridized carbons (Fsp3) is 0.704. The van der Waals surface area contributed by atoms with Crippen LogP contribution in [0.25, 0.3) is 0 Å². The van der Waals surface area contributed by atoms with E-state index in [1.54, 1.807) is 0 Å². The van der Waals surface area contributed by atoms with E-state index in [0.29, 0.717) is 31.3 Å². The van der Waals surface area contributed by atoms with Crippen LogP contribution in [0.3, 0.4) is 0 Å². The molecule has 1 aromatic rings. The van der Waals surface area contributed by atoms with Gasteiger partial charge in [-0.3, -0.25) is 0 Å². The second-order valence-electron chi connectivity index (χ2n) is 10.1. The van der Waals surface area contributed by atoms with E-state index in [1.165, 1.54) is 13.5 Å². The minimum Gasteiger partial charge on any atom is -0.453 e. The van der Waals surface area contributed by atoms with Gasteiger partial charge in [0.2, 0.25) is 0 Å². The molecule has 1 aromatic carbocycles. The number of nitrogens with two attached hydrogens (primary N) is 1. The Morgan fingerprint density at radius 2 is 2.00 bits per heavy atom. The van der Waals surface area contributed by atoms with E-state index >= 15 is 0 Å². The third-order valence-corrected chi connectivity index (χ3v) is 7.85. The fourth-order valence-corrected chi connectivity index (χ4v) is 5.80. The van der Waals surface area contributed by atoms with E-state index in [-0.39, 0.29) is 36.7 Å². The number of aliphatic hydroxyl groups is 1. The van der Waals surface area contributed by atoms with E-state index in [1.807, 2.05) is 41.0 Å². The number of benzene rings is 1. The number of hydrogen-bond acceptors (Lipinski definition) is 6. The number of nitrogens with zero attached hydrogens (tertiary/aromatic N) is 2. The van der Waals surface area contributed by atoms with Crippen LogP contribution in [-0.2, 0) is 9.47 Å². The molecule has 4 N–H and O–H groups in total. The van der Waals surface area contributed by atoms with Crippen LogP contribution in [0.4, 0.5) is 9.59 Å². The first-order valence-electron chi connectivity index (χ1n) is 13.5. The number of methoxy groups -OCH3 is 1. The number of ether oxygens (including phenoxy) is 2. The lowest BCUT2D eigenvalue weighted by atomic mass is 9.88. The minimum absolute atomic E-state index is 0.0335. The van der Waals surface area contributed by atoms with E-state index in [0.717, 1.165) is 44.1 Å². The standard InChI is InChI=1S/C27H43ClN4O5/c1-19(24(33)17-29)32(23-11-4-3-5-12-23)27(35)31-14-7-9-21(18-31)25(20-8-6-10-22(28)16-20)37-15-13-30-26(34)36-2/h6,8,10,16,19,21,23-25,33H,3-5,7,9,11-15,17-18,29H2,1-2H3,(H,30,34)/t19-,21+,24+,25-/m0/s1. The van der Waals surface area contributed by atoms with Gasteiger partial charge in [-0.15, -0.1) is 0 Å². The number of rotatable bonds is 10. The maximum absolute atomic E-state index is 14.0. The molecule has 3 rings (SSSR count). The number of carbonyl (C=O) groups is 2. The second kappa shape index (κ2) is 14.8. The Balaban J connectivity index is 1.76. The lowest BCUT2D eigenvalue weighted by Gasteiger charge is -2.45. The van der Waals surface area contributed by atoms with Crippen molar-refractivity contribution < 1.29 is 24.2 Å². The molecule has 1 aliphatic heterocycles. The third kappa shape index (κ3) is 8.21. The number of likely N-dealkylation sites (tertiary alicyclic amines) is 1. The van der Waals surface area contributed by atoms with Crippen LogP contribution >= 0.6 is 11.6 Å². The molecule has 1 saturated carbocycles. The van der Waals surface area contributed by atoms with Crippen molar-refractivity contribution in [3.63, 3.8) is 0 Å². The number of piperidine rings is 1. The Labute approximate surface area is 225 Å². The third-order valence-electron chi connectivity index (χ3n) is 7.61. The zero-order valence-corrected chi connectivity index (χ0v) is 22.9. The Bertz CT molecular complexity index is 867. The highest BCUT2D eigenvalue weighted by Crippen LogP contribution is 2.35.